The third-order valence-corrected chi connectivity index (χ3v) is 15.7. The molecule has 0 spiro atoms. The van der Waals surface area contributed by atoms with E-state index in [1.165, 1.54) is 84.9 Å². The van der Waals surface area contributed by atoms with Gasteiger partial charge in [0.15, 0.2) is 0 Å². The molecule has 6 aromatic rings. The molecule has 0 atom stereocenters. The molecule has 0 amide bonds. The van der Waals surface area contributed by atoms with Crippen LogP contribution in [0.4, 0.5) is 0 Å². The maximum Gasteiger partial charge on any atom is 0.297 e. The van der Waals surface area contributed by atoms with Crippen LogP contribution in [0.5, 0.6) is 11.5 Å². The van der Waals surface area contributed by atoms with E-state index in [1.807, 2.05) is 6.92 Å². The van der Waals surface area contributed by atoms with Gasteiger partial charge in [-0.25, -0.2) is 16.8 Å². The maximum absolute atomic E-state index is 13.6. The van der Waals surface area contributed by atoms with Gasteiger partial charge >= 0.3 is 0 Å². The normalized spacial score (nSPS) is 12.5. The lowest BCUT2D eigenvalue weighted by atomic mass is 9.99. The smallest absolute Gasteiger partial charge is 0.297 e. The monoisotopic (exact) mass is 888 g/mol. The van der Waals surface area contributed by atoms with Crippen molar-refractivity contribution in [2.45, 2.75) is 89.5 Å². The molecule has 15 heteroatoms. The van der Waals surface area contributed by atoms with E-state index >= 15 is 0 Å². The molecule has 60 heavy (non-hydrogen) atoms. The van der Waals surface area contributed by atoms with Crippen LogP contribution in [-0.2, 0) is 54.7 Å². The van der Waals surface area contributed by atoms with Gasteiger partial charge in [0.05, 0.1) is 31.8 Å². The minimum absolute atomic E-state index is 0.0222. The van der Waals surface area contributed by atoms with Crippen LogP contribution in [0.2, 0.25) is 0 Å². The first kappa shape index (κ1) is 44.4. The molecule has 11 nitrogen and oxygen atoms in total. The van der Waals surface area contributed by atoms with Gasteiger partial charge in [0, 0.05) is 11.1 Å². The quantitative estimate of drug-likeness (QED) is 0.0903. The maximum atomic E-state index is 13.6. The van der Waals surface area contributed by atoms with E-state index in [-0.39, 0.29) is 46.9 Å². The van der Waals surface area contributed by atoms with E-state index in [2.05, 4.69) is 0 Å². The molecule has 0 heterocycles. The van der Waals surface area contributed by atoms with Crippen LogP contribution in [0.15, 0.2) is 163 Å². The topological polar surface area (TPSA) is 164 Å². The number of hydrogen-bond donors (Lipinski definition) is 0. The summed E-state index contributed by atoms with van der Waals surface area (Å²) in [5.41, 5.74) is 3.06. The third kappa shape index (κ3) is 10.1. The summed E-state index contributed by atoms with van der Waals surface area (Å²) < 4.78 is 124. The van der Waals surface area contributed by atoms with Crippen LogP contribution in [0.25, 0.3) is 11.1 Å². The summed E-state index contributed by atoms with van der Waals surface area (Å²) in [5, 5.41) is 0. The predicted molar refractivity (Wildman–Crippen MR) is 228 cm³/mol. The number of benzene rings is 6. The zero-order chi connectivity index (χ0) is 43.6. The number of sulfone groups is 2. The Hall–Kier alpha value is -5.16. The van der Waals surface area contributed by atoms with Crippen LogP contribution in [0, 0.1) is 13.8 Å². The third-order valence-electron chi connectivity index (χ3n) is 9.13. The molecule has 0 saturated carbocycles. The molecule has 0 radical (unpaired) electrons. The molecule has 0 saturated heterocycles. The Labute approximate surface area is 352 Å². The zero-order valence-corrected chi connectivity index (χ0v) is 37.0. The van der Waals surface area contributed by atoms with Crippen LogP contribution in [0.3, 0.4) is 0 Å². The molecule has 6 rings (SSSR count). The van der Waals surface area contributed by atoms with Gasteiger partial charge < -0.3 is 4.74 Å². The molecule has 314 valence electrons. The van der Waals surface area contributed by atoms with Crippen molar-refractivity contribution < 1.29 is 46.8 Å². The van der Waals surface area contributed by atoms with Gasteiger partial charge in [0.25, 0.3) is 20.2 Å². The first-order chi connectivity index (χ1) is 28.2. The minimum Gasteiger partial charge on any atom is -0.457 e. The number of rotatable bonds is 15. The van der Waals surface area contributed by atoms with E-state index in [0.29, 0.717) is 28.2 Å². The fraction of sp³-hybridized carbons (Fsp3) is 0.200. The van der Waals surface area contributed by atoms with Crippen molar-refractivity contribution in [2.75, 3.05) is 0 Å². The molecule has 0 bridgehead atoms. The summed E-state index contributed by atoms with van der Waals surface area (Å²) in [6.45, 7) is 9.90. The SMILES string of the molecule is Cc1ccc(S(=O)(=O)c2ccc(Oc3ccc(S(=O)(=O)c4ccc(Cc5ccc(-c6ccc(C)cc6S(=O)(=O)OC(C)C)c(S(=O)(=O)OC(C)C)c5)cc4)cc3)cc2)cc1. The van der Waals surface area contributed by atoms with Crippen molar-refractivity contribution in [3.63, 3.8) is 0 Å². The minimum atomic E-state index is -4.39. The van der Waals surface area contributed by atoms with Gasteiger partial charge in [-0.1, -0.05) is 54.1 Å². The molecule has 0 aliphatic heterocycles. The van der Waals surface area contributed by atoms with E-state index in [0.717, 1.165) is 5.56 Å². The van der Waals surface area contributed by atoms with Gasteiger partial charge in [-0.15, -0.1) is 0 Å². The molecule has 0 fully saturated rings. The average Bonchev–Trinajstić information content (AvgIpc) is 3.18. The molecule has 0 aliphatic rings. The lowest BCUT2D eigenvalue weighted by molar-refractivity contribution is 0.247. The van der Waals surface area contributed by atoms with Gasteiger partial charge in [-0.3, -0.25) is 8.37 Å². The largest absolute Gasteiger partial charge is 0.457 e. The van der Waals surface area contributed by atoms with Gasteiger partial charge in [0.2, 0.25) is 19.7 Å². The first-order valence-corrected chi connectivity index (χ1v) is 24.6. The highest BCUT2D eigenvalue weighted by atomic mass is 32.2. The van der Waals surface area contributed by atoms with Crippen LogP contribution < -0.4 is 4.74 Å². The fourth-order valence-corrected chi connectivity index (χ4v) is 11.6. The zero-order valence-electron chi connectivity index (χ0n) is 33.7. The average molecular weight is 889 g/mol. The molecular formula is C45H44O11S4. The number of aryl methyl sites for hydroxylation is 2. The summed E-state index contributed by atoms with van der Waals surface area (Å²) in [6, 6.07) is 33.9. The number of hydrogen-bond acceptors (Lipinski definition) is 11. The molecule has 0 aliphatic carbocycles. The Balaban J connectivity index is 1.21. The van der Waals surface area contributed by atoms with Crippen LogP contribution in [0.1, 0.15) is 49.9 Å². The lowest BCUT2D eigenvalue weighted by Gasteiger charge is -2.18. The Morgan fingerprint density at radius 1 is 0.417 bits per heavy atom. The van der Waals surface area contributed by atoms with Gasteiger partial charge in [0.1, 0.15) is 21.3 Å². The molecule has 6 aromatic carbocycles. The molecule has 0 unspecified atom stereocenters. The summed E-state index contributed by atoms with van der Waals surface area (Å²) in [4.78, 5) is -0.0601. The molecule has 0 N–H and O–H groups in total. The van der Waals surface area contributed by atoms with Gasteiger partial charge in [-0.2, -0.15) is 16.8 Å². The van der Waals surface area contributed by atoms with Crippen molar-refractivity contribution >= 4 is 39.9 Å². The second kappa shape index (κ2) is 17.4. The Morgan fingerprint density at radius 3 is 1.20 bits per heavy atom. The fourth-order valence-electron chi connectivity index (χ4n) is 6.30. The standard InChI is InChI=1S/C45H44O11S4/c1-30(2)55-59(50,51)44-27-33(6)9-25-42(44)43-26-12-35(29-45(43)60(52,53)56-31(3)4)28-34-10-19-39(20-11-34)58(48,49)41-23-15-37(16-24-41)54-36-13-21-40(22-14-36)57(46,47)38-17-7-32(5)8-18-38/h7-27,29-31H,28H2,1-6H3. The van der Waals surface area contributed by atoms with Gasteiger partial charge in [-0.05, 0) is 150 Å². The Morgan fingerprint density at radius 2 is 0.767 bits per heavy atom. The molecule has 0 aromatic heterocycles. The Kier molecular flexibility index (Phi) is 12.9. The summed E-state index contributed by atoms with van der Waals surface area (Å²) in [5.74, 6) is 0.702. The van der Waals surface area contributed by atoms with Crippen molar-refractivity contribution in [1.29, 1.82) is 0 Å². The van der Waals surface area contributed by atoms with E-state index in [4.69, 9.17) is 13.1 Å². The summed E-state index contributed by atoms with van der Waals surface area (Å²) >= 11 is 0. The second-order valence-electron chi connectivity index (χ2n) is 14.7. The van der Waals surface area contributed by atoms with Crippen molar-refractivity contribution in [1.82, 2.24) is 0 Å². The van der Waals surface area contributed by atoms with E-state index in [9.17, 15) is 33.7 Å². The predicted octanol–water partition coefficient (Wildman–Crippen LogP) is 9.25. The lowest BCUT2D eigenvalue weighted by Crippen LogP contribution is -2.16. The first-order valence-electron chi connectivity index (χ1n) is 18.8. The summed E-state index contributed by atoms with van der Waals surface area (Å²) in [6.07, 6.45) is -1.14. The highest BCUT2D eigenvalue weighted by Crippen LogP contribution is 2.37. The van der Waals surface area contributed by atoms with Crippen molar-refractivity contribution in [2.24, 2.45) is 0 Å². The summed E-state index contributed by atoms with van der Waals surface area (Å²) in [7, 11) is -16.3. The van der Waals surface area contributed by atoms with Crippen LogP contribution >= 0.6 is 0 Å². The van der Waals surface area contributed by atoms with E-state index in [1.54, 1.807) is 83.1 Å². The van der Waals surface area contributed by atoms with Crippen LogP contribution in [-0.4, -0.2) is 45.9 Å². The van der Waals surface area contributed by atoms with E-state index < -0.39 is 52.1 Å². The second-order valence-corrected chi connectivity index (χ2v) is 21.7. The Bertz CT molecular complexity index is 2960. The molecular weight excluding hydrogens is 845 g/mol. The highest BCUT2D eigenvalue weighted by Gasteiger charge is 2.28. The number of ether oxygens (including phenoxy) is 1. The van der Waals surface area contributed by atoms with Crippen molar-refractivity contribution in [3.8, 4) is 22.6 Å². The van der Waals surface area contributed by atoms with Crippen molar-refractivity contribution in [3.05, 3.63) is 156 Å². The highest BCUT2D eigenvalue weighted by molar-refractivity contribution is 7.91.